The molecule has 3 rings (SSSR count). The summed E-state index contributed by atoms with van der Waals surface area (Å²) in [5.74, 6) is -1.60. The fourth-order valence-electron chi connectivity index (χ4n) is 2.12. The first-order valence-electron chi connectivity index (χ1n) is 6.66. The van der Waals surface area contributed by atoms with Gasteiger partial charge in [0.2, 0.25) is 11.8 Å². The lowest BCUT2D eigenvalue weighted by Gasteiger charge is -2.13. The number of aromatic amines is 1. The number of benzene rings is 1. The van der Waals surface area contributed by atoms with Gasteiger partial charge in [0.05, 0.1) is 16.9 Å². The molecule has 0 bridgehead atoms. The zero-order valence-electron chi connectivity index (χ0n) is 12.3. The van der Waals surface area contributed by atoms with Crippen molar-refractivity contribution < 1.29 is 8.78 Å². The van der Waals surface area contributed by atoms with Crippen LogP contribution in [0.5, 0.6) is 0 Å². The predicted octanol–water partition coefficient (Wildman–Crippen LogP) is 2.54. The molecule has 0 aliphatic heterocycles. The van der Waals surface area contributed by atoms with Gasteiger partial charge in [0.25, 0.3) is 5.56 Å². The summed E-state index contributed by atoms with van der Waals surface area (Å²) in [5, 5.41) is 8.81. The summed E-state index contributed by atoms with van der Waals surface area (Å²) >= 11 is 3.14. The molecule has 0 fully saturated rings. The number of aromatic nitrogens is 4. The Kier molecular flexibility index (Phi) is 4.06. The van der Waals surface area contributed by atoms with Crippen LogP contribution in [0, 0.1) is 11.6 Å². The lowest BCUT2D eigenvalue weighted by atomic mass is 10.2. The summed E-state index contributed by atoms with van der Waals surface area (Å²) < 4.78 is 30.1. The Hall–Kier alpha value is -2.75. The van der Waals surface area contributed by atoms with Gasteiger partial charge in [-0.15, -0.1) is 5.10 Å². The van der Waals surface area contributed by atoms with E-state index in [1.165, 1.54) is 25.4 Å². The number of hydrogen-bond acceptors (Lipinski definition) is 5. The van der Waals surface area contributed by atoms with Crippen molar-refractivity contribution in [1.82, 2.24) is 19.7 Å². The van der Waals surface area contributed by atoms with Gasteiger partial charge in [-0.25, -0.2) is 4.39 Å². The number of nitrogen functional groups attached to an aromatic ring is 1. The molecule has 7 nitrogen and oxygen atoms in total. The summed E-state index contributed by atoms with van der Waals surface area (Å²) in [4.78, 5) is 15.8. The largest absolute Gasteiger partial charge is 0.366 e. The average molecular weight is 397 g/mol. The quantitative estimate of drug-likeness (QED) is 0.631. The Morgan fingerprint density at radius 3 is 2.75 bits per heavy atom. The second-order valence-corrected chi connectivity index (χ2v) is 5.85. The van der Waals surface area contributed by atoms with Crippen molar-refractivity contribution in [2.24, 2.45) is 7.05 Å². The molecule has 2 aromatic heterocycles. The number of H-pyrrole nitrogens is 1. The summed E-state index contributed by atoms with van der Waals surface area (Å²) in [7, 11) is 1.39. The summed E-state index contributed by atoms with van der Waals surface area (Å²) in [6.45, 7) is 0. The van der Waals surface area contributed by atoms with E-state index in [1.807, 2.05) is 0 Å². The van der Waals surface area contributed by atoms with Gasteiger partial charge < -0.3 is 15.6 Å². The number of aryl methyl sites for hydroxylation is 1. The van der Waals surface area contributed by atoms with Gasteiger partial charge >= 0.3 is 0 Å². The zero-order chi connectivity index (χ0) is 17.4. The first kappa shape index (κ1) is 16.1. The molecule has 24 heavy (non-hydrogen) atoms. The normalized spacial score (nSPS) is 10.8. The number of nitrogens with two attached hydrogens (primary N) is 1. The van der Waals surface area contributed by atoms with Crippen LogP contribution < -0.4 is 16.6 Å². The molecule has 10 heteroatoms. The molecule has 0 unspecified atom stereocenters. The predicted molar refractivity (Wildman–Crippen MR) is 88.8 cm³/mol. The van der Waals surface area contributed by atoms with Crippen LogP contribution in [-0.4, -0.2) is 19.7 Å². The van der Waals surface area contributed by atoms with Crippen LogP contribution >= 0.6 is 15.9 Å². The second kappa shape index (κ2) is 6.04. The maximum Gasteiger partial charge on any atom is 0.288 e. The summed E-state index contributed by atoms with van der Waals surface area (Å²) in [6.07, 6.45) is 1.35. The molecule has 0 amide bonds. The molecule has 0 spiro atoms. The van der Waals surface area contributed by atoms with Crippen molar-refractivity contribution in [3.8, 4) is 11.4 Å². The summed E-state index contributed by atoms with van der Waals surface area (Å²) in [6, 6.07) is 4.21. The van der Waals surface area contributed by atoms with E-state index < -0.39 is 17.2 Å². The molecule has 124 valence electrons. The maximum absolute atomic E-state index is 14.5. The molecular formula is C14H11BrF2N6O. The Bertz CT molecular complexity index is 984. The van der Waals surface area contributed by atoms with Crippen molar-refractivity contribution in [2.45, 2.75) is 0 Å². The molecule has 1 aromatic carbocycles. The molecule has 4 N–H and O–H groups in total. The zero-order valence-corrected chi connectivity index (χ0v) is 13.9. The molecule has 0 radical (unpaired) electrons. The van der Waals surface area contributed by atoms with Crippen LogP contribution in [0.3, 0.4) is 0 Å². The molecule has 0 aliphatic carbocycles. The SMILES string of the molecule is Cn1cc(-c2nc(N)n[nH]2)c(Nc2ccc(Br)cc2F)c(F)c1=O. The highest BCUT2D eigenvalue weighted by Crippen LogP contribution is 2.31. The van der Waals surface area contributed by atoms with Crippen LogP contribution in [0.1, 0.15) is 0 Å². The molecule has 0 aliphatic rings. The molecule has 2 heterocycles. The fourth-order valence-corrected chi connectivity index (χ4v) is 2.45. The topological polar surface area (TPSA) is 102 Å². The van der Waals surface area contributed by atoms with Gasteiger partial charge in [-0.1, -0.05) is 15.9 Å². The Morgan fingerprint density at radius 1 is 1.38 bits per heavy atom. The molecule has 3 aromatic rings. The third-order valence-corrected chi connectivity index (χ3v) is 3.76. The Morgan fingerprint density at radius 2 is 2.12 bits per heavy atom. The van der Waals surface area contributed by atoms with Crippen LogP contribution in [0.15, 0.2) is 33.7 Å². The third-order valence-electron chi connectivity index (χ3n) is 3.27. The number of hydrogen-bond donors (Lipinski definition) is 3. The molecule has 0 saturated carbocycles. The average Bonchev–Trinajstić information content (AvgIpc) is 2.96. The molecule has 0 saturated heterocycles. The van der Waals surface area contributed by atoms with E-state index >= 15 is 0 Å². The van der Waals surface area contributed by atoms with Crippen LogP contribution in [0.4, 0.5) is 26.1 Å². The fraction of sp³-hybridized carbons (Fsp3) is 0.0714. The number of nitrogens with zero attached hydrogens (tertiary/aromatic N) is 3. The van der Waals surface area contributed by atoms with Crippen molar-refractivity contribution in [1.29, 1.82) is 0 Å². The summed E-state index contributed by atoms with van der Waals surface area (Å²) in [5.41, 5.74) is 4.55. The number of pyridine rings is 1. The highest BCUT2D eigenvalue weighted by atomic mass is 79.9. The smallest absolute Gasteiger partial charge is 0.288 e. The molecular weight excluding hydrogens is 386 g/mol. The van der Waals surface area contributed by atoms with Crippen LogP contribution in [0.25, 0.3) is 11.4 Å². The Balaban J connectivity index is 2.18. The number of anilines is 3. The van der Waals surface area contributed by atoms with E-state index in [0.717, 1.165) is 4.57 Å². The standard InChI is InChI=1S/C14H11BrF2N6O/c1-23-5-7(12-20-14(18)22-21-12)11(10(17)13(23)24)19-9-3-2-6(15)4-8(9)16/h2-5,19H,1H3,(H3,18,20,21,22). The van der Waals surface area contributed by atoms with E-state index in [1.54, 1.807) is 6.07 Å². The van der Waals surface area contributed by atoms with E-state index in [2.05, 4.69) is 36.4 Å². The van der Waals surface area contributed by atoms with Crippen molar-refractivity contribution in [2.75, 3.05) is 11.1 Å². The number of rotatable bonds is 3. The third kappa shape index (κ3) is 2.87. The lowest BCUT2D eigenvalue weighted by molar-refractivity contribution is 0.594. The van der Waals surface area contributed by atoms with Crippen LogP contribution in [0.2, 0.25) is 0 Å². The van der Waals surface area contributed by atoms with Gasteiger partial charge in [0.1, 0.15) is 5.82 Å². The maximum atomic E-state index is 14.5. The van der Waals surface area contributed by atoms with Gasteiger partial charge in [-0.2, -0.15) is 9.37 Å². The van der Waals surface area contributed by atoms with Crippen molar-refractivity contribution >= 4 is 33.3 Å². The van der Waals surface area contributed by atoms with Gasteiger partial charge in [0, 0.05) is 17.7 Å². The van der Waals surface area contributed by atoms with Gasteiger partial charge in [-0.05, 0) is 18.2 Å². The minimum absolute atomic E-state index is 0.000842. The number of nitrogens with one attached hydrogen (secondary N) is 2. The minimum atomic E-state index is -1.08. The van der Waals surface area contributed by atoms with Crippen molar-refractivity contribution in [3.63, 3.8) is 0 Å². The van der Waals surface area contributed by atoms with E-state index in [-0.39, 0.29) is 28.7 Å². The van der Waals surface area contributed by atoms with E-state index in [9.17, 15) is 13.6 Å². The van der Waals surface area contributed by atoms with E-state index in [4.69, 9.17) is 5.73 Å². The highest BCUT2D eigenvalue weighted by molar-refractivity contribution is 9.10. The first-order chi connectivity index (χ1) is 11.4. The Labute approximate surface area is 142 Å². The highest BCUT2D eigenvalue weighted by Gasteiger charge is 2.19. The first-order valence-corrected chi connectivity index (χ1v) is 7.45. The van der Waals surface area contributed by atoms with E-state index in [0.29, 0.717) is 4.47 Å². The number of halogens is 3. The van der Waals surface area contributed by atoms with Gasteiger partial charge in [-0.3, -0.25) is 9.89 Å². The van der Waals surface area contributed by atoms with Crippen molar-refractivity contribution in [3.05, 3.63) is 50.9 Å². The van der Waals surface area contributed by atoms with Crippen LogP contribution in [-0.2, 0) is 7.05 Å². The molecule has 0 atom stereocenters. The monoisotopic (exact) mass is 396 g/mol. The minimum Gasteiger partial charge on any atom is -0.366 e. The lowest BCUT2D eigenvalue weighted by Crippen LogP contribution is -2.22. The second-order valence-electron chi connectivity index (χ2n) is 4.94. The van der Waals surface area contributed by atoms with Gasteiger partial charge in [0.15, 0.2) is 5.82 Å².